The first-order valence-corrected chi connectivity index (χ1v) is 29.7. The molecule has 0 spiro atoms. The standard InChI is InChI=1S/C31H23F6N3O2.C28H23BF6N2O4.C8H10BrN/c1-3-5-20-9-8-18(15-38-20)22-6-4-7-27(29(22)31(35,36)37)42-21-10-11-26-23(14-21)30(41)39-16-40(26)17(2)28-24(33)12-19(32)13-25(28)34;1-15(24-20(31)9-16(30)10-21(24)32)37-14-36-26(38)18-11-17(7-8-22(18)37)41-23-6-4-5-19(25(23)28(33,34)35)29-39-12-27(2,3)13-40-29;1-2-3-8-5-4-7(9)6-10-8/h4,6-17H,3,5H2,1-2H3;4-11,14-15H,12-13H2,1-3H3;4-6H,2-3H2,1H3/t17-;15-;/m11./s1. The molecule has 0 aliphatic carbocycles. The molecule has 1 saturated heterocycles. The number of hydrogen-bond donors (Lipinski definition) is 0. The maximum absolute atomic E-state index is 14.5. The fourth-order valence-electron chi connectivity index (χ4n) is 10.4. The summed E-state index contributed by atoms with van der Waals surface area (Å²) in [7, 11) is -1.26. The quantitative estimate of drug-likeness (QED) is 0.0765. The average Bonchev–Trinajstić information content (AvgIpc) is 0.793. The Balaban J connectivity index is 0.000000191. The Morgan fingerprint density at radius 3 is 1.43 bits per heavy atom. The van der Waals surface area contributed by atoms with E-state index >= 15 is 0 Å². The van der Waals surface area contributed by atoms with Crippen LogP contribution in [0.15, 0.2) is 160 Å². The van der Waals surface area contributed by atoms with Crippen molar-refractivity contribution in [2.24, 2.45) is 5.41 Å². The first-order chi connectivity index (χ1) is 44.0. The highest BCUT2D eigenvalue weighted by atomic mass is 79.9. The molecule has 2 atom stereocenters. The molecule has 484 valence electrons. The van der Waals surface area contributed by atoms with E-state index in [4.69, 9.17) is 18.8 Å². The van der Waals surface area contributed by atoms with Gasteiger partial charge in [0.15, 0.2) is 0 Å². The molecule has 4 aromatic heterocycles. The van der Waals surface area contributed by atoms with E-state index in [9.17, 15) is 62.3 Å². The van der Waals surface area contributed by atoms with Crippen molar-refractivity contribution >= 4 is 50.3 Å². The summed E-state index contributed by atoms with van der Waals surface area (Å²) in [5.74, 6) is -7.93. The van der Waals surface area contributed by atoms with Crippen molar-refractivity contribution in [1.82, 2.24) is 29.1 Å². The largest absolute Gasteiger partial charge is 0.494 e. The van der Waals surface area contributed by atoms with Gasteiger partial charge in [0.2, 0.25) is 0 Å². The summed E-state index contributed by atoms with van der Waals surface area (Å²) < 4.78 is 197. The fourth-order valence-corrected chi connectivity index (χ4v) is 10.7. The van der Waals surface area contributed by atoms with Crippen molar-refractivity contribution in [3.8, 4) is 34.1 Å². The van der Waals surface area contributed by atoms with Crippen molar-refractivity contribution in [3.05, 3.63) is 240 Å². The smallest absolute Gasteiger partial charge is 0.457 e. The van der Waals surface area contributed by atoms with Crippen molar-refractivity contribution in [2.75, 3.05) is 13.2 Å². The molecule has 12 nitrogen and oxygen atoms in total. The van der Waals surface area contributed by atoms with Gasteiger partial charge in [0.05, 0.1) is 52.1 Å². The summed E-state index contributed by atoms with van der Waals surface area (Å²) in [6, 6.07) is 22.8. The van der Waals surface area contributed by atoms with Gasteiger partial charge in [-0.1, -0.05) is 70.9 Å². The lowest BCUT2D eigenvalue weighted by Gasteiger charge is -2.34. The molecule has 10 aromatic rings. The summed E-state index contributed by atoms with van der Waals surface area (Å²) >= 11 is 3.33. The molecule has 11 rings (SSSR count). The zero-order chi connectivity index (χ0) is 67.3. The Hall–Kier alpha value is -8.88. The minimum atomic E-state index is -4.84. The van der Waals surface area contributed by atoms with E-state index in [1.54, 1.807) is 12.1 Å². The predicted octanol–water partition coefficient (Wildman–Crippen LogP) is 17.0. The second kappa shape index (κ2) is 28.6. The highest BCUT2D eigenvalue weighted by Crippen LogP contribution is 2.45. The molecule has 0 unspecified atom stereocenters. The number of benzene rings is 6. The predicted molar refractivity (Wildman–Crippen MR) is 330 cm³/mol. The van der Waals surface area contributed by atoms with E-state index in [0.29, 0.717) is 30.7 Å². The number of rotatable bonds is 14. The van der Waals surface area contributed by atoms with Crippen LogP contribution in [0.1, 0.15) is 100 Å². The lowest BCUT2D eigenvalue weighted by atomic mass is 9.73. The van der Waals surface area contributed by atoms with Crippen LogP contribution in [0.4, 0.5) is 52.7 Å². The molecule has 0 bridgehead atoms. The molecule has 26 heteroatoms. The number of aromatic nitrogens is 6. The molecule has 1 aliphatic heterocycles. The minimum Gasteiger partial charge on any atom is -0.457 e. The number of nitrogens with zero attached hydrogens (tertiary/aromatic N) is 6. The molecular formula is C67H56BBrF12N6O6. The van der Waals surface area contributed by atoms with Gasteiger partial charge in [-0.15, -0.1) is 0 Å². The Morgan fingerprint density at radius 1 is 0.570 bits per heavy atom. The number of pyridine rings is 2. The van der Waals surface area contributed by atoms with E-state index in [-0.39, 0.29) is 68.5 Å². The molecule has 6 aromatic carbocycles. The fraction of sp³-hybridized carbons (Fsp3) is 0.254. The summed E-state index contributed by atoms with van der Waals surface area (Å²) in [5, 5.41) is -0.143. The molecule has 0 amide bonds. The monoisotopic (exact) mass is 1360 g/mol. The van der Waals surface area contributed by atoms with E-state index in [0.717, 1.165) is 48.2 Å². The zero-order valence-corrected chi connectivity index (χ0v) is 52.0. The average molecular weight is 1360 g/mol. The topological polar surface area (TPSA) is 132 Å². The SMILES string of the molecule is CCCc1ccc(-c2cccc(Oc3ccc4c(c3)c(=O)ncn4[C@H](C)c3c(F)cc(F)cc3F)c2C(F)(F)F)cn1.CCCc1ccc(Br)cn1.C[C@H](c1c(F)cc(F)cc1F)n1cnc(=O)c2cc(Oc3cccc(B4OCC(C)(C)CO4)c3C(F)(F)F)ccc21. The van der Waals surface area contributed by atoms with Crippen LogP contribution in [0.5, 0.6) is 23.0 Å². The van der Waals surface area contributed by atoms with E-state index < -0.39 is 111 Å². The third-order valence-corrected chi connectivity index (χ3v) is 15.3. The lowest BCUT2D eigenvalue weighted by molar-refractivity contribution is -0.138. The Kier molecular flexibility index (Phi) is 21.0. The Bertz CT molecular complexity index is 4420. The van der Waals surface area contributed by atoms with Crippen molar-refractivity contribution in [3.63, 3.8) is 0 Å². The highest BCUT2D eigenvalue weighted by molar-refractivity contribution is 9.10. The lowest BCUT2D eigenvalue weighted by Crippen LogP contribution is -2.49. The molecule has 1 aliphatic rings. The van der Waals surface area contributed by atoms with Crippen molar-refractivity contribution < 1.29 is 71.5 Å². The third kappa shape index (κ3) is 16.0. The molecule has 0 N–H and O–H groups in total. The van der Waals surface area contributed by atoms with Gasteiger partial charge < -0.3 is 27.9 Å². The van der Waals surface area contributed by atoms with Gasteiger partial charge in [-0.05, 0) is 120 Å². The maximum atomic E-state index is 14.5. The second-order valence-electron chi connectivity index (χ2n) is 22.4. The highest BCUT2D eigenvalue weighted by Gasteiger charge is 2.44. The summed E-state index contributed by atoms with van der Waals surface area (Å²) in [6.45, 7) is 11.1. The molecule has 0 radical (unpaired) electrons. The van der Waals surface area contributed by atoms with Gasteiger partial charge in [-0.2, -0.15) is 36.3 Å². The van der Waals surface area contributed by atoms with E-state index in [1.165, 1.54) is 102 Å². The van der Waals surface area contributed by atoms with Crippen molar-refractivity contribution in [1.29, 1.82) is 0 Å². The number of fused-ring (bicyclic) bond motifs is 2. The molecular weight excluding hydrogens is 1300 g/mol. The molecule has 1 fully saturated rings. The van der Waals surface area contributed by atoms with Gasteiger partial charge in [0.1, 0.15) is 63.5 Å². The summed E-state index contributed by atoms with van der Waals surface area (Å²) in [5.41, 5.74) is -2.70. The van der Waals surface area contributed by atoms with Crippen LogP contribution >= 0.6 is 15.9 Å². The minimum absolute atomic E-state index is 0.0646. The Morgan fingerprint density at radius 2 is 1.01 bits per heavy atom. The number of aryl methyl sites for hydroxylation is 2. The second-order valence-corrected chi connectivity index (χ2v) is 23.3. The van der Waals surface area contributed by atoms with Crippen LogP contribution < -0.4 is 26.1 Å². The van der Waals surface area contributed by atoms with Crippen molar-refractivity contribution in [2.45, 2.75) is 91.7 Å². The van der Waals surface area contributed by atoms with E-state index in [1.807, 2.05) is 39.1 Å². The number of alkyl halides is 6. The summed E-state index contributed by atoms with van der Waals surface area (Å²) in [6.07, 6.45) is -0.467. The number of ether oxygens (including phenoxy) is 2. The van der Waals surface area contributed by atoms with Gasteiger partial charge >= 0.3 is 19.5 Å². The van der Waals surface area contributed by atoms with Crippen LogP contribution in [-0.4, -0.2) is 49.4 Å². The van der Waals surface area contributed by atoms with Gasteiger partial charge in [0, 0.05) is 87.8 Å². The van der Waals surface area contributed by atoms with Crippen LogP contribution in [0.25, 0.3) is 32.9 Å². The van der Waals surface area contributed by atoms with E-state index in [2.05, 4.69) is 42.8 Å². The number of hydrogen-bond acceptors (Lipinski definition) is 10. The van der Waals surface area contributed by atoms with Crippen LogP contribution in [-0.2, 0) is 34.5 Å². The Labute approximate surface area is 533 Å². The molecule has 93 heavy (non-hydrogen) atoms. The maximum Gasteiger partial charge on any atom is 0.494 e. The first kappa shape index (κ1) is 68.5. The van der Waals surface area contributed by atoms with Crippen LogP contribution in [0, 0.1) is 40.3 Å². The summed E-state index contributed by atoms with van der Waals surface area (Å²) in [4.78, 5) is 41.3. The molecule has 0 saturated carbocycles. The molecule has 5 heterocycles. The van der Waals surface area contributed by atoms with Gasteiger partial charge in [0.25, 0.3) is 11.1 Å². The third-order valence-electron chi connectivity index (χ3n) is 14.9. The van der Waals surface area contributed by atoms with Crippen LogP contribution in [0.2, 0.25) is 0 Å². The van der Waals surface area contributed by atoms with Gasteiger partial charge in [-0.25, -0.2) is 26.3 Å². The normalized spacial score (nSPS) is 13.8. The number of halogens is 13. The zero-order valence-electron chi connectivity index (χ0n) is 50.4. The van der Waals surface area contributed by atoms with Crippen LogP contribution in [0.3, 0.4) is 0 Å². The van der Waals surface area contributed by atoms with Gasteiger partial charge in [-0.3, -0.25) is 19.6 Å². The first-order valence-electron chi connectivity index (χ1n) is 28.9.